The van der Waals surface area contributed by atoms with Crippen LogP contribution in [0.4, 0.5) is 8.78 Å². The number of rotatable bonds is 9. The average Bonchev–Trinajstić information content (AvgIpc) is 2.40. The van der Waals surface area contributed by atoms with Gasteiger partial charge in [0.05, 0.1) is 6.10 Å². The quantitative estimate of drug-likeness (QED) is 0.747. The van der Waals surface area contributed by atoms with E-state index in [2.05, 4.69) is 19.2 Å². The molecule has 2 nitrogen and oxygen atoms in total. The molecular weight excluding hydrogens is 260 g/mol. The van der Waals surface area contributed by atoms with Crippen molar-refractivity contribution in [2.45, 2.75) is 51.7 Å². The topological polar surface area (TPSA) is 21.3 Å². The molecule has 1 rings (SSSR count). The maximum atomic E-state index is 13.3. The summed E-state index contributed by atoms with van der Waals surface area (Å²) in [6, 6.07) is 3.75. The first-order chi connectivity index (χ1) is 9.60. The van der Waals surface area contributed by atoms with Crippen molar-refractivity contribution in [1.82, 2.24) is 5.32 Å². The summed E-state index contributed by atoms with van der Waals surface area (Å²) in [5, 5.41) is 3.42. The van der Waals surface area contributed by atoms with Crippen molar-refractivity contribution in [3.05, 3.63) is 35.4 Å². The lowest BCUT2D eigenvalue weighted by molar-refractivity contribution is 0.0608. The lowest BCUT2D eigenvalue weighted by Gasteiger charge is -2.27. The van der Waals surface area contributed by atoms with Gasteiger partial charge >= 0.3 is 0 Å². The Morgan fingerprint density at radius 3 is 2.25 bits per heavy atom. The molecule has 0 aromatic heterocycles. The van der Waals surface area contributed by atoms with Gasteiger partial charge in [-0.15, -0.1) is 0 Å². The fourth-order valence-corrected chi connectivity index (χ4v) is 2.42. The summed E-state index contributed by atoms with van der Waals surface area (Å²) in [7, 11) is 1.69. The first-order valence-electron chi connectivity index (χ1n) is 7.31. The predicted molar refractivity (Wildman–Crippen MR) is 77.8 cm³/mol. The van der Waals surface area contributed by atoms with E-state index in [0.717, 1.165) is 31.9 Å². The fraction of sp³-hybridized carbons (Fsp3) is 0.625. The van der Waals surface area contributed by atoms with Gasteiger partial charge in [0.15, 0.2) is 0 Å². The predicted octanol–water partition coefficient (Wildman–Crippen LogP) is 3.69. The van der Waals surface area contributed by atoms with Crippen LogP contribution in [0.3, 0.4) is 0 Å². The number of benzene rings is 1. The lowest BCUT2D eigenvalue weighted by atomic mass is 9.98. The van der Waals surface area contributed by atoms with E-state index < -0.39 is 11.6 Å². The Balaban J connectivity index is 2.81. The van der Waals surface area contributed by atoms with E-state index in [1.54, 1.807) is 7.11 Å². The van der Waals surface area contributed by atoms with Crippen molar-refractivity contribution < 1.29 is 13.5 Å². The van der Waals surface area contributed by atoms with Gasteiger partial charge in [-0.1, -0.05) is 20.3 Å². The summed E-state index contributed by atoms with van der Waals surface area (Å²) in [6.45, 7) is 5.06. The molecule has 0 aliphatic heterocycles. The van der Waals surface area contributed by atoms with Crippen molar-refractivity contribution in [1.29, 1.82) is 0 Å². The molecule has 0 bridgehead atoms. The second-order valence-corrected chi connectivity index (χ2v) is 5.11. The molecule has 1 N–H and O–H groups in total. The molecule has 0 radical (unpaired) electrons. The molecule has 20 heavy (non-hydrogen) atoms. The number of ether oxygens (including phenoxy) is 1. The molecule has 4 heteroatoms. The van der Waals surface area contributed by atoms with Crippen LogP contribution in [0, 0.1) is 11.6 Å². The second kappa shape index (κ2) is 9.03. The summed E-state index contributed by atoms with van der Waals surface area (Å²) < 4.78 is 32.1. The van der Waals surface area contributed by atoms with Gasteiger partial charge in [-0.25, -0.2) is 8.78 Å². The summed E-state index contributed by atoms with van der Waals surface area (Å²) in [4.78, 5) is 0. The van der Waals surface area contributed by atoms with Crippen LogP contribution in [0.1, 0.15) is 38.7 Å². The highest BCUT2D eigenvalue weighted by atomic mass is 19.1. The van der Waals surface area contributed by atoms with Crippen molar-refractivity contribution in [2.75, 3.05) is 13.7 Å². The Labute approximate surface area is 120 Å². The first kappa shape index (κ1) is 17.1. The van der Waals surface area contributed by atoms with Crippen molar-refractivity contribution >= 4 is 0 Å². The van der Waals surface area contributed by atoms with Crippen LogP contribution in [0.15, 0.2) is 18.2 Å². The molecule has 2 unspecified atom stereocenters. The Morgan fingerprint density at radius 2 is 1.75 bits per heavy atom. The highest BCUT2D eigenvalue weighted by molar-refractivity contribution is 5.19. The third kappa shape index (κ3) is 5.55. The highest BCUT2D eigenvalue weighted by Crippen LogP contribution is 2.15. The molecule has 1 aromatic carbocycles. The van der Waals surface area contributed by atoms with Crippen LogP contribution in [-0.2, 0) is 11.2 Å². The Bertz CT molecular complexity index is 378. The van der Waals surface area contributed by atoms with Crippen LogP contribution in [-0.4, -0.2) is 25.8 Å². The molecule has 2 atom stereocenters. The first-order valence-corrected chi connectivity index (χ1v) is 7.31. The molecule has 0 fully saturated rings. The fourth-order valence-electron chi connectivity index (χ4n) is 2.42. The van der Waals surface area contributed by atoms with E-state index in [0.29, 0.717) is 12.0 Å². The zero-order valence-corrected chi connectivity index (χ0v) is 12.6. The molecule has 1 aromatic rings. The summed E-state index contributed by atoms with van der Waals surface area (Å²) >= 11 is 0. The van der Waals surface area contributed by atoms with Gasteiger partial charge < -0.3 is 10.1 Å². The van der Waals surface area contributed by atoms with Crippen LogP contribution in [0.2, 0.25) is 0 Å². The summed E-state index contributed by atoms with van der Waals surface area (Å²) in [6.07, 6.45) is 3.57. The van der Waals surface area contributed by atoms with Gasteiger partial charge in [0.1, 0.15) is 11.6 Å². The Hall–Kier alpha value is -1.00. The van der Waals surface area contributed by atoms with E-state index in [4.69, 9.17) is 4.74 Å². The van der Waals surface area contributed by atoms with Crippen molar-refractivity contribution in [3.8, 4) is 0 Å². The third-order valence-corrected chi connectivity index (χ3v) is 3.36. The minimum atomic E-state index is -0.529. The van der Waals surface area contributed by atoms with Gasteiger partial charge in [-0.3, -0.25) is 0 Å². The zero-order valence-electron chi connectivity index (χ0n) is 12.6. The SMILES string of the molecule is CCCNC(Cc1cc(F)cc(F)c1)C(CCC)OC. The minimum Gasteiger partial charge on any atom is -0.380 e. The van der Waals surface area contributed by atoms with Crippen molar-refractivity contribution in [2.24, 2.45) is 0 Å². The Morgan fingerprint density at radius 1 is 1.10 bits per heavy atom. The summed E-state index contributed by atoms with van der Waals surface area (Å²) in [5.74, 6) is -1.06. The number of hydrogen-bond donors (Lipinski definition) is 1. The van der Waals surface area contributed by atoms with Gasteiger partial charge in [0, 0.05) is 19.2 Å². The molecule has 0 aliphatic carbocycles. The largest absolute Gasteiger partial charge is 0.380 e. The van der Waals surface area contributed by atoms with E-state index in [9.17, 15) is 8.78 Å². The van der Waals surface area contributed by atoms with E-state index in [1.807, 2.05) is 0 Å². The van der Waals surface area contributed by atoms with Gasteiger partial charge in [0.25, 0.3) is 0 Å². The third-order valence-electron chi connectivity index (χ3n) is 3.36. The lowest BCUT2D eigenvalue weighted by Crippen LogP contribution is -2.43. The van der Waals surface area contributed by atoms with Crippen LogP contribution >= 0.6 is 0 Å². The maximum absolute atomic E-state index is 13.3. The normalized spacial score (nSPS) is 14.2. The minimum absolute atomic E-state index is 0.0536. The molecular formula is C16H25F2NO. The number of hydrogen-bond acceptors (Lipinski definition) is 2. The molecule has 0 saturated carbocycles. The van der Waals surface area contributed by atoms with E-state index >= 15 is 0 Å². The maximum Gasteiger partial charge on any atom is 0.126 e. The molecule has 0 aliphatic rings. The number of methoxy groups -OCH3 is 1. The average molecular weight is 285 g/mol. The van der Waals surface area contributed by atoms with Gasteiger partial charge in [-0.2, -0.15) is 0 Å². The molecule has 114 valence electrons. The van der Waals surface area contributed by atoms with Crippen LogP contribution in [0.25, 0.3) is 0 Å². The van der Waals surface area contributed by atoms with Crippen LogP contribution in [0.5, 0.6) is 0 Å². The molecule has 0 amide bonds. The highest BCUT2D eigenvalue weighted by Gasteiger charge is 2.20. The van der Waals surface area contributed by atoms with Gasteiger partial charge in [-0.05, 0) is 43.5 Å². The molecule has 0 heterocycles. The van der Waals surface area contributed by atoms with E-state index in [1.165, 1.54) is 12.1 Å². The van der Waals surface area contributed by atoms with Crippen molar-refractivity contribution in [3.63, 3.8) is 0 Å². The zero-order chi connectivity index (χ0) is 15.0. The smallest absolute Gasteiger partial charge is 0.126 e. The standard InChI is InChI=1S/C16H25F2NO/c1-4-6-16(20-3)15(19-7-5-2)10-12-8-13(17)11-14(18)9-12/h8-9,11,15-16,19H,4-7,10H2,1-3H3. The molecule has 0 saturated heterocycles. The summed E-state index contributed by atoms with van der Waals surface area (Å²) in [5.41, 5.74) is 0.661. The molecule has 0 spiro atoms. The monoisotopic (exact) mass is 285 g/mol. The Kier molecular flexibility index (Phi) is 7.70. The number of nitrogens with one attached hydrogen (secondary N) is 1. The van der Waals surface area contributed by atoms with Gasteiger partial charge in [0.2, 0.25) is 0 Å². The number of halogens is 2. The van der Waals surface area contributed by atoms with E-state index in [-0.39, 0.29) is 12.1 Å². The second-order valence-electron chi connectivity index (χ2n) is 5.11. The van der Waals surface area contributed by atoms with Crippen LogP contribution < -0.4 is 5.32 Å².